The van der Waals surface area contributed by atoms with Crippen LogP contribution in [0, 0.1) is 5.92 Å². The van der Waals surface area contributed by atoms with Gasteiger partial charge in [-0.1, -0.05) is 32.4 Å². The SMILES string of the molecule is CCSC(C(=O)Nc1ccc(Cl)nc1)C(C)C. The van der Waals surface area contributed by atoms with Crippen LogP contribution in [0.25, 0.3) is 0 Å². The lowest BCUT2D eigenvalue weighted by atomic mass is 10.1. The molecule has 1 aromatic heterocycles. The number of carbonyl (C=O) groups excluding carboxylic acids is 1. The number of hydrogen-bond acceptors (Lipinski definition) is 3. The van der Waals surface area contributed by atoms with Gasteiger partial charge in [0.2, 0.25) is 5.91 Å². The Kier molecular flexibility index (Phi) is 5.78. The fourth-order valence-electron chi connectivity index (χ4n) is 1.41. The molecule has 3 nitrogen and oxygen atoms in total. The number of halogens is 1. The maximum absolute atomic E-state index is 12.0. The molecule has 1 heterocycles. The predicted octanol–water partition coefficient (Wildman–Crippen LogP) is 3.45. The van der Waals surface area contributed by atoms with Crippen LogP contribution in [0.5, 0.6) is 0 Å². The van der Waals surface area contributed by atoms with Crippen LogP contribution in [0.1, 0.15) is 20.8 Å². The molecular formula is C12H17ClN2OS. The highest BCUT2D eigenvalue weighted by Crippen LogP contribution is 2.21. The van der Waals surface area contributed by atoms with Crippen molar-refractivity contribution in [2.45, 2.75) is 26.0 Å². The highest BCUT2D eigenvalue weighted by Gasteiger charge is 2.21. The Hall–Kier alpha value is -0.740. The molecule has 0 bridgehead atoms. The summed E-state index contributed by atoms with van der Waals surface area (Å²) in [5.74, 6) is 1.26. The van der Waals surface area contributed by atoms with E-state index >= 15 is 0 Å². The lowest BCUT2D eigenvalue weighted by molar-refractivity contribution is -0.116. The average molecular weight is 273 g/mol. The van der Waals surface area contributed by atoms with E-state index in [4.69, 9.17) is 11.6 Å². The van der Waals surface area contributed by atoms with Crippen molar-refractivity contribution in [1.82, 2.24) is 4.98 Å². The van der Waals surface area contributed by atoms with Gasteiger partial charge in [-0.3, -0.25) is 4.79 Å². The van der Waals surface area contributed by atoms with Crippen molar-refractivity contribution in [3.8, 4) is 0 Å². The Balaban J connectivity index is 2.66. The van der Waals surface area contributed by atoms with Crippen molar-refractivity contribution in [3.05, 3.63) is 23.5 Å². The first-order valence-corrected chi connectivity index (χ1v) is 7.01. The average Bonchev–Trinajstić information content (AvgIpc) is 2.28. The Morgan fingerprint density at radius 1 is 1.53 bits per heavy atom. The number of thioether (sulfide) groups is 1. The molecule has 0 radical (unpaired) electrons. The molecule has 0 spiro atoms. The number of nitrogens with one attached hydrogen (secondary N) is 1. The molecular weight excluding hydrogens is 256 g/mol. The second-order valence-corrected chi connectivity index (χ2v) is 5.78. The number of pyridine rings is 1. The van der Waals surface area contributed by atoms with Crippen LogP contribution in [0.4, 0.5) is 5.69 Å². The zero-order valence-electron chi connectivity index (χ0n) is 10.2. The van der Waals surface area contributed by atoms with Gasteiger partial charge in [0.15, 0.2) is 0 Å². The minimum Gasteiger partial charge on any atom is -0.324 e. The monoisotopic (exact) mass is 272 g/mol. The lowest BCUT2D eigenvalue weighted by Gasteiger charge is -2.18. The normalized spacial score (nSPS) is 12.5. The van der Waals surface area contributed by atoms with Crippen LogP contribution in [-0.2, 0) is 4.79 Å². The van der Waals surface area contributed by atoms with Gasteiger partial charge in [-0.05, 0) is 23.8 Å². The van der Waals surface area contributed by atoms with E-state index in [2.05, 4.69) is 17.2 Å². The van der Waals surface area contributed by atoms with E-state index in [9.17, 15) is 4.79 Å². The van der Waals surface area contributed by atoms with Crippen molar-refractivity contribution >= 4 is 35.0 Å². The summed E-state index contributed by atoms with van der Waals surface area (Å²) in [5, 5.41) is 3.25. The highest BCUT2D eigenvalue weighted by molar-refractivity contribution is 8.00. The number of anilines is 1. The van der Waals surface area contributed by atoms with E-state index in [-0.39, 0.29) is 11.2 Å². The Bertz CT molecular complexity index is 367. The van der Waals surface area contributed by atoms with Gasteiger partial charge >= 0.3 is 0 Å². The van der Waals surface area contributed by atoms with Crippen LogP contribution in [-0.4, -0.2) is 21.9 Å². The summed E-state index contributed by atoms with van der Waals surface area (Å²) >= 11 is 7.34. The molecule has 1 aromatic rings. The van der Waals surface area contributed by atoms with Crippen molar-refractivity contribution in [1.29, 1.82) is 0 Å². The molecule has 94 valence electrons. The lowest BCUT2D eigenvalue weighted by Crippen LogP contribution is -2.29. The standard InChI is InChI=1S/C12H17ClN2OS/c1-4-17-11(8(2)3)12(16)15-9-5-6-10(13)14-7-9/h5-8,11H,4H2,1-3H3,(H,15,16). The molecule has 1 atom stereocenters. The molecule has 17 heavy (non-hydrogen) atoms. The van der Waals surface area contributed by atoms with E-state index in [1.807, 2.05) is 13.8 Å². The van der Waals surface area contributed by atoms with Gasteiger partial charge in [0, 0.05) is 0 Å². The zero-order valence-corrected chi connectivity index (χ0v) is 11.8. The zero-order chi connectivity index (χ0) is 12.8. The largest absolute Gasteiger partial charge is 0.324 e. The minimum atomic E-state index is -0.0318. The first-order chi connectivity index (χ1) is 8.04. The third-order valence-corrected chi connectivity index (χ3v) is 3.88. The van der Waals surface area contributed by atoms with E-state index in [0.29, 0.717) is 16.8 Å². The third kappa shape index (κ3) is 4.56. The van der Waals surface area contributed by atoms with Gasteiger partial charge in [0.05, 0.1) is 17.1 Å². The summed E-state index contributed by atoms with van der Waals surface area (Å²) in [6.45, 7) is 6.15. The van der Waals surface area contributed by atoms with Gasteiger partial charge in [-0.2, -0.15) is 0 Å². The summed E-state index contributed by atoms with van der Waals surface area (Å²) < 4.78 is 0. The van der Waals surface area contributed by atoms with Gasteiger partial charge < -0.3 is 5.32 Å². The first-order valence-electron chi connectivity index (χ1n) is 5.58. The number of aromatic nitrogens is 1. The van der Waals surface area contributed by atoms with Crippen molar-refractivity contribution in [2.75, 3.05) is 11.1 Å². The molecule has 0 fully saturated rings. The number of nitrogens with zero attached hydrogens (tertiary/aromatic N) is 1. The topological polar surface area (TPSA) is 42.0 Å². The van der Waals surface area contributed by atoms with Gasteiger partial charge in [-0.15, -0.1) is 11.8 Å². The fraction of sp³-hybridized carbons (Fsp3) is 0.500. The van der Waals surface area contributed by atoms with Gasteiger partial charge in [-0.25, -0.2) is 4.98 Å². The molecule has 1 rings (SSSR count). The summed E-state index contributed by atoms with van der Waals surface area (Å²) in [4.78, 5) is 16.0. The maximum Gasteiger partial charge on any atom is 0.237 e. The molecule has 0 aliphatic heterocycles. The van der Waals surface area contributed by atoms with E-state index in [1.165, 1.54) is 0 Å². The maximum atomic E-state index is 12.0. The molecule has 1 N–H and O–H groups in total. The molecule has 0 aromatic carbocycles. The highest BCUT2D eigenvalue weighted by atomic mass is 35.5. The minimum absolute atomic E-state index is 0.0240. The van der Waals surface area contributed by atoms with Crippen LogP contribution in [0.15, 0.2) is 18.3 Å². The molecule has 0 aliphatic rings. The second-order valence-electron chi connectivity index (χ2n) is 3.98. The summed E-state index contributed by atoms with van der Waals surface area (Å²) in [5.41, 5.74) is 0.682. The number of amides is 1. The fourth-order valence-corrected chi connectivity index (χ4v) is 2.48. The molecule has 1 amide bonds. The summed E-state index contributed by atoms with van der Waals surface area (Å²) in [6, 6.07) is 3.41. The van der Waals surface area contributed by atoms with Gasteiger partial charge in [0.25, 0.3) is 0 Å². The number of hydrogen-bond donors (Lipinski definition) is 1. The number of carbonyl (C=O) groups is 1. The van der Waals surface area contributed by atoms with Crippen molar-refractivity contribution in [3.63, 3.8) is 0 Å². The summed E-state index contributed by atoms with van der Waals surface area (Å²) in [6.07, 6.45) is 1.56. The van der Waals surface area contributed by atoms with Crippen LogP contribution >= 0.6 is 23.4 Å². The van der Waals surface area contributed by atoms with Gasteiger partial charge in [0.1, 0.15) is 5.15 Å². The van der Waals surface area contributed by atoms with Crippen LogP contribution < -0.4 is 5.32 Å². The predicted molar refractivity (Wildman–Crippen MR) is 74.6 cm³/mol. The van der Waals surface area contributed by atoms with E-state index in [1.54, 1.807) is 30.1 Å². The Labute approximate surface area is 111 Å². The Morgan fingerprint density at radius 2 is 2.24 bits per heavy atom. The molecule has 0 aliphatic carbocycles. The summed E-state index contributed by atoms with van der Waals surface area (Å²) in [7, 11) is 0. The first kappa shape index (κ1) is 14.3. The second kappa shape index (κ2) is 6.87. The molecule has 5 heteroatoms. The molecule has 0 saturated carbocycles. The number of rotatable bonds is 5. The van der Waals surface area contributed by atoms with Crippen molar-refractivity contribution < 1.29 is 4.79 Å². The van der Waals surface area contributed by atoms with E-state index in [0.717, 1.165) is 5.75 Å². The third-order valence-electron chi connectivity index (χ3n) is 2.21. The van der Waals surface area contributed by atoms with Crippen LogP contribution in [0.2, 0.25) is 5.15 Å². The Morgan fingerprint density at radius 3 is 2.71 bits per heavy atom. The van der Waals surface area contributed by atoms with E-state index < -0.39 is 0 Å². The smallest absolute Gasteiger partial charge is 0.237 e. The van der Waals surface area contributed by atoms with Crippen molar-refractivity contribution in [2.24, 2.45) is 5.92 Å². The molecule has 0 saturated heterocycles. The van der Waals surface area contributed by atoms with Crippen LogP contribution in [0.3, 0.4) is 0 Å². The quantitative estimate of drug-likeness (QED) is 0.835. The molecule has 1 unspecified atom stereocenters.